The second-order valence-electron chi connectivity index (χ2n) is 8.27. The van der Waals surface area contributed by atoms with E-state index in [9.17, 15) is 17.2 Å². The Morgan fingerprint density at radius 3 is 2.42 bits per heavy atom. The molecule has 36 heavy (non-hydrogen) atoms. The summed E-state index contributed by atoms with van der Waals surface area (Å²) in [7, 11) is -1.89. The van der Waals surface area contributed by atoms with Crippen LogP contribution in [0.3, 0.4) is 0 Å². The third-order valence-corrected chi connectivity index (χ3v) is 7.65. The van der Waals surface area contributed by atoms with E-state index in [-0.39, 0.29) is 43.7 Å². The number of halogens is 2. The van der Waals surface area contributed by atoms with Crippen LogP contribution in [0.1, 0.15) is 35.7 Å². The number of hydrogen-bond acceptors (Lipinski definition) is 9. The van der Waals surface area contributed by atoms with Gasteiger partial charge >= 0.3 is 0 Å². The molecule has 2 heterocycles. The van der Waals surface area contributed by atoms with Crippen molar-refractivity contribution in [3.63, 3.8) is 0 Å². The molecule has 12 heteroatoms. The van der Waals surface area contributed by atoms with Crippen molar-refractivity contribution in [1.29, 1.82) is 0 Å². The summed E-state index contributed by atoms with van der Waals surface area (Å²) in [6, 6.07) is 11.0. The number of aromatic nitrogens is 4. The first-order valence-electron chi connectivity index (χ1n) is 11.0. The van der Waals surface area contributed by atoms with Gasteiger partial charge in [0.05, 0.1) is 22.0 Å². The second-order valence-corrected chi connectivity index (χ2v) is 10.8. The van der Waals surface area contributed by atoms with Crippen LogP contribution in [-0.2, 0) is 16.4 Å². The predicted molar refractivity (Wildman–Crippen MR) is 137 cm³/mol. The Morgan fingerprint density at radius 2 is 1.78 bits per heavy atom. The number of sulfone groups is 1. The average Bonchev–Trinajstić information content (AvgIpc) is 3.34. The van der Waals surface area contributed by atoms with Crippen molar-refractivity contribution >= 4 is 15.7 Å². The first kappa shape index (κ1) is 25.3. The van der Waals surface area contributed by atoms with Crippen LogP contribution < -0.4 is 11.1 Å². The van der Waals surface area contributed by atoms with E-state index in [0.29, 0.717) is 12.1 Å². The number of benzene rings is 2. The van der Waals surface area contributed by atoms with Gasteiger partial charge in [-0.2, -0.15) is 0 Å². The molecule has 4 rings (SSSR count). The smallest absolute Gasteiger partial charge is 0.270 e. The molecule has 0 aliphatic heterocycles. The molecule has 0 saturated heterocycles. The predicted octanol–water partition coefficient (Wildman–Crippen LogP) is 5.02. The standard InChI is InChI=1S/C24H24F2N6O3S.3H2/c1-13(2)36(33,34)16-8-9-17(18(10-16)21(25)26)19-12-29-22(27)20(30-19)24-32-31-23(35-24)15-6-4-14(5-7-15)11-28-3;;;/h4-10,12-13,21,28H,11H2,1-3H3,(H2,27,29);3*1H. The minimum absolute atomic E-state index is 0. The largest absolute Gasteiger partial charge is 0.414 e. The Morgan fingerprint density at radius 1 is 1.08 bits per heavy atom. The van der Waals surface area contributed by atoms with Crippen LogP contribution in [0.4, 0.5) is 14.6 Å². The topological polar surface area (TPSA) is 137 Å². The van der Waals surface area contributed by atoms with Gasteiger partial charge in [0.15, 0.2) is 21.3 Å². The third kappa shape index (κ3) is 4.95. The van der Waals surface area contributed by atoms with E-state index in [2.05, 4.69) is 25.5 Å². The van der Waals surface area contributed by atoms with E-state index in [4.69, 9.17) is 10.2 Å². The highest BCUT2D eigenvalue weighted by Gasteiger charge is 2.25. The summed E-state index contributed by atoms with van der Waals surface area (Å²) >= 11 is 0. The van der Waals surface area contributed by atoms with Gasteiger partial charge in [-0.15, -0.1) is 10.2 Å². The summed E-state index contributed by atoms with van der Waals surface area (Å²) in [6.07, 6.45) is -1.72. The summed E-state index contributed by atoms with van der Waals surface area (Å²) in [5, 5.41) is 10.3. The van der Waals surface area contributed by atoms with E-state index >= 15 is 0 Å². The van der Waals surface area contributed by atoms with Gasteiger partial charge in [-0.25, -0.2) is 27.2 Å². The van der Waals surface area contributed by atoms with Gasteiger partial charge < -0.3 is 15.5 Å². The van der Waals surface area contributed by atoms with Gasteiger partial charge in [-0.05, 0) is 50.7 Å². The average molecular weight is 521 g/mol. The SMILES string of the molecule is CNCc1ccc(-c2nnc(-c3nc(-c4ccc(S(=O)(=O)C(C)C)cc4C(F)F)cnc3N)o2)cc1.[HH].[HH].[HH]. The number of nitrogen functional groups attached to an aromatic ring is 1. The zero-order valence-corrected chi connectivity index (χ0v) is 20.6. The highest BCUT2D eigenvalue weighted by molar-refractivity contribution is 7.92. The number of hydrogen-bond donors (Lipinski definition) is 2. The molecule has 0 bridgehead atoms. The van der Waals surface area contributed by atoms with Gasteiger partial charge in [-0.1, -0.05) is 18.2 Å². The van der Waals surface area contributed by atoms with Crippen LogP contribution in [0.2, 0.25) is 0 Å². The molecule has 0 aliphatic carbocycles. The molecule has 0 fully saturated rings. The number of nitrogens with two attached hydrogens (primary N) is 1. The summed E-state index contributed by atoms with van der Waals surface area (Å²) in [5.74, 6) is 0.161. The maximum Gasteiger partial charge on any atom is 0.270 e. The lowest BCUT2D eigenvalue weighted by Crippen LogP contribution is -2.14. The molecule has 0 aliphatic rings. The molecule has 0 spiro atoms. The van der Waals surface area contributed by atoms with Gasteiger partial charge in [0, 0.05) is 27.5 Å². The molecule has 4 aromatic rings. The Balaban J connectivity index is 0.00000253. The molecule has 194 valence electrons. The fourth-order valence-electron chi connectivity index (χ4n) is 3.49. The van der Waals surface area contributed by atoms with Crippen molar-refractivity contribution in [1.82, 2.24) is 25.5 Å². The van der Waals surface area contributed by atoms with Crippen molar-refractivity contribution < 1.29 is 25.9 Å². The normalized spacial score (nSPS) is 12.0. The van der Waals surface area contributed by atoms with Crippen LogP contribution in [-0.4, -0.2) is 40.9 Å². The van der Waals surface area contributed by atoms with E-state index in [1.54, 1.807) is 0 Å². The number of nitrogens with zero attached hydrogens (tertiary/aromatic N) is 4. The Bertz CT molecular complexity index is 1500. The van der Waals surface area contributed by atoms with Crippen molar-refractivity contribution in [3.05, 3.63) is 59.8 Å². The third-order valence-electron chi connectivity index (χ3n) is 5.49. The first-order valence-corrected chi connectivity index (χ1v) is 12.5. The first-order chi connectivity index (χ1) is 17.1. The van der Waals surface area contributed by atoms with Crippen molar-refractivity contribution in [2.45, 2.75) is 37.0 Å². The van der Waals surface area contributed by atoms with Crippen LogP contribution in [0.25, 0.3) is 34.3 Å². The highest BCUT2D eigenvalue weighted by atomic mass is 32.2. The molecular weight excluding hydrogens is 490 g/mol. The molecule has 0 unspecified atom stereocenters. The Hall–Kier alpha value is -3.77. The number of alkyl halides is 2. The summed E-state index contributed by atoms with van der Waals surface area (Å²) in [6.45, 7) is 3.68. The molecule has 0 atom stereocenters. The molecule has 2 aromatic carbocycles. The van der Waals surface area contributed by atoms with Crippen LogP contribution >= 0.6 is 0 Å². The van der Waals surface area contributed by atoms with E-state index < -0.39 is 27.1 Å². The van der Waals surface area contributed by atoms with Gasteiger partial charge in [-0.3, -0.25) is 0 Å². The van der Waals surface area contributed by atoms with Gasteiger partial charge in [0.25, 0.3) is 12.3 Å². The quantitative estimate of drug-likeness (QED) is 0.328. The number of nitrogens with one attached hydrogen (secondary N) is 1. The lowest BCUT2D eigenvalue weighted by molar-refractivity contribution is 0.151. The van der Waals surface area contributed by atoms with Crippen LogP contribution in [0, 0.1) is 0 Å². The molecule has 2 aromatic heterocycles. The Labute approximate surface area is 211 Å². The monoisotopic (exact) mass is 520 g/mol. The Kier molecular flexibility index (Phi) is 7.09. The molecule has 0 saturated carbocycles. The van der Waals surface area contributed by atoms with Crippen molar-refractivity contribution in [2.75, 3.05) is 12.8 Å². The minimum Gasteiger partial charge on any atom is -0.414 e. The summed E-state index contributed by atoms with van der Waals surface area (Å²) in [5.41, 5.74) is 7.33. The molecule has 0 amide bonds. The van der Waals surface area contributed by atoms with E-state index in [1.165, 1.54) is 32.2 Å². The van der Waals surface area contributed by atoms with E-state index in [0.717, 1.165) is 11.6 Å². The fourth-order valence-corrected chi connectivity index (χ4v) is 4.59. The van der Waals surface area contributed by atoms with Gasteiger partial charge in [0.1, 0.15) is 0 Å². The molecule has 0 radical (unpaired) electrons. The second kappa shape index (κ2) is 10.1. The van der Waals surface area contributed by atoms with Gasteiger partial charge in [0.2, 0.25) is 5.89 Å². The zero-order valence-electron chi connectivity index (χ0n) is 19.7. The van der Waals surface area contributed by atoms with E-state index in [1.807, 2.05) is 31.3 Å². The maximum absolute atomic E-state index is 13.9. The number of anilines is 1. The highest BCUT2D eigenvalue weighted by Crippen LogP contribution is 2.35. The van der Waals surface area contributed by atoms with Crippen LogP contribution in [0.15, 0.2) is 58.0 Å². The molecular formula is C24H30F2N6O3S. The fraction of sp³-hybridized carbons (Fsp3) is 0.250. The number of rotatable bonds is 8. The summed E-state index contributed by atoms with van der Waals surface area (Å²) < 4.78 is 58.6. The minimum atomic E-state index is -3.75. The van der Waals surface area contributed by atoms with Crippen LogP contribution in [0.5, 0.6) is 0 Å². The maximum atomic E-state index is 13.9. The summed E-state index contributed by atoms with van der Waals surface area (Å²) in [4.78, 5) is 8.22. The molecule has 3 N–H and O–H groups in total. The lowest BCUT2D eigenvalue weighted by atomic mass is 10.0. The zero-order chi connectivity index (χ0) is 26.0. The van der Waals surface area contributed by atoms with Crippen molar-refractivity contribution in [2.24, 2.45) is 0 Å². The lowest BCUT2D eigenvalue weighted by Gasteiger charge is -2.13. The molecule has 9 nitrogen and oxygen atoms in total. The van der Waals surface area contributed by atoms with Crippen molar-refractivity contribution in [3.8, 4) is 34.3 Å².